The zero-order valence-electron chi connectivity index (χ0n) is 43.7. The van der Waals surface area contributed by atoms with Crippen molar-refractivity contribution in [1.82, 2.24) is 5.32 Å². The minimum atomic E-state index is -0.671. The van der Waals surface area contributed by atoms with Gasteiger partial charge in [-0.25, -0.2) is 0 Å². The van der Waals surface area contributed by atoms with Crippen molar-refractivity contribution in [3.05, 3.63) is 24.3 Å². The third-order valence-electron chi connectivity index (χ3n) is 13.5. The van der Waals surface area contributed by atoms with Crippen LogP contribution in [0.3, 0.4) is 0 Å². The van der Waals surface area contributed by atoms with Crippen molar-refractivity contribution in [2.45, 2.75) is 328 Å². The molecule has 0 fully saturated rings. The summed E-state index contributed by atoms with van der Waals surface area (Å²) in [5.41, 5.74) is 0. The van der Waals surface area contributed by atoms with Crippen LogP contribution in [0.2, 0.25) is 0 Å². The Bertz CT molecular complexity index is 1010. The summed E-state index contributed by atoms with van der Waals surface area (Å²) < 4.78 is 5.45. The summed E-state index contributed by atoms with van der Waals surface area (Å²) in [6.07, 6.45) is 66.0. The number of rotatable bonds is 54. The van der Waals surface area contributed by atoms with E-state index >= 15 is 0 Å². The highest BCUT2D eigenvalue weighted by molar-refractivity contribution is 5.76. The Kier molecular flexibility index (Phi) is 53.5. The third kappa shape index (κ3) is 51.6. The van der Waals surface area contributed by atoms with E-state index in [4.69, 9.17) is 4.74 Å². The van der Waals surface area contributed by atoms with Gasteiger partial charge in [0.1, 0.15) is 0 Å². The maximum absolute atomic E-state index is 12.5. The van der Waals surface area contributed by atoms with Gasteiger partial charge in [0.05, 0.1) is 25.4 Å². The fourth-order valence-electron chi connectivity index (χ4n) is 9.04. The molecule has 6 heteroatoms. The monoisotopic (exact) mass is 916 g/mol. The van der Waals surface area contributed by atoms with E-state index < -0.39 is 12.1 Å². The molecule has 6 nitrogen and oxygen atoms in total. The van der Waals surface area contributed by atoms with Gasteiger partial charge in [-0.3, -0.25) is 9.59 Å². The first-order valence-corrected chi connectivity index (χ1v) is 29.1. The van der Waals surface area contributed by atoms with Crippen LogP contribution >= 0.6 is 0 Å². The minimum absolute atomic E-state index is 0.0115. The maximum atomic E-state index is 12.5. The van der Waals surface area contributed by atoms with Gasteiger partial charge in [-0.1, -0.05) is 269 Å². The molecule has 65 heavy (non-hydrogen) atoms. The van der Waals surface area contributed by atoms with Crippen molar-refractivity contribution in [3.8, 4) is 0 Å². The predicted octanol–water partition coefficient (Wildman–Crippen LogP) is 17.9. The van der Waals surface area contributed by atoms with Gasteiger partial charge in [-0.2, -0.15) is 0 Å². The lowest BCUT2D eigenvalue weighted by Gasteiger charge is -2.22. The summed E-state index contributed by atoms with van der Waals surface area (Å²) in [5.74, 6) is -0.0546. The molecule has 0 radical (unpaired) electrons. The van der Waals surface area contributed by atoms with Gasteiger partial charge in [-0.05, 0) is 57.8 Å². The summed E-state index contributed by atoms with van der Waals surface area (Å²) in [5, 5.41) is 23.3. The number of hydrogen-bond acceptors (Lipinski definition) is 5. The number of ether oxygens (including phenoxy) is 1. The van der Waals surface area contributed by atoms with E-state index in [1.807, 2.05) is 0 Å². The fourth-order valence-corrected chi connectivity index (χ4v) is 9.04. The van der Waals surface area contributed by atoms with Crippen LogP contribution in [-0.2, 0) is 14.3 Å². The Morgan fingerprint density at radius 2 is 0.754 bits per heavy atom. The van der Waals surface area contributed by atoms with Crippen molar-refractivity contribution in [3.63, 3.8) is 0 Å². The van der Waals surface area contributed by atoms with E-state index in [1.54, 1.807) is 0 Å². The Balaban J connectivity index is 3.47. The molecule has 0 spiro atoms. The number of allylic oxidation sites excluding steroid dienone is 4. The fraction of sp³-hybridized carbons (Fsp3) is 0.898. The van der Waals surface area contributed by atoms with Gasteiger partial charge in [0.15, 0.2) is 0 Å². The standard InChI is InChI=1S/C59H113NO5/c1-3-5-7-9-11-13-15-17-18-24-28-31-35-39-43-47-51-57(62)56(55-61)60-58(63)52-48-44-40-36-32-29-25-22-20-19-21-23-26-30-34-38-42-46-50-54-65-59(64)53-49-45-41-37-33-27-16-14-12-10-8-6-4-2/h23,26,30,34,56-57,61-62H,3-22,24-25,27-29,31-33,35-55H2,1-2H3,(H,60,63)/b26-23-,34-30-. The molecule has 0 saturated heterocycles. The molecule has 3 N–H and O–H groups in total. The van der Waals surface area contributed by atoms with Gasteiger partial charge >= 0.3 is 5.97 Å². The first kappa shape index (κ1) is 63.3. The second kappa shape index (κ2) is 54.9. The van der Waals surface area contributed by atoms with Crippen LogP contribution in [0.25, 0.3) is 0 Å². The highest BCUT2D eigenvalue weighted by Gasteiger charge is 2.20. The molecule has 0 heterocycles. The van der Waals surface area contributed by atoms with Crippen LogP contribution in [0.5, 0.6) is 0 Å². The van der Waals surface area contributed by atoms with Crippen molar-refractivity contribution in [2.75, 3.05) is 13.2 Å². The SMILES string of the molecule is CCCCCCCCCCCCCCCCCCC(O)C(CO)NC(=O)CCCCCCCCCCCC/C=C\C=C/CCCCCOC(=O)CCCCCCCCCCCCCCC. The van der Waals surface area contributed by atoms with Gasteiger partial charge in [0, 0.05) is 12.8 Å². The zero-order valence-corrected chi connectivity index (χ0v) is 43.7. The number of esters is 1. The van der Waals surface area contributed by atoms with Crippen LogP contribution in [0, 0.1) is 0 Å². The highest BCUT2D eigenvalue weighted by Crippen LogP contribution is 2.17. The first-order chi connectivity index (χ1) is 32.0. The lowest BCUT2D eigenvalue weighted by atomic mass is 10.0. The molecule has 0 saturated carbocycles. The summed E-state index contributed by atoms with van der Waals surface area (Å²) >= 11 is 0. The van der Waals surface area contributed by atoms with E-state index in [9.17, 15) is 19.8 Å². The number of hydrogen-bond donors (Lipinski definition) is 3. The largest absolute Gasteiger partial charge is 0.466 e. The molecule has 0 aromatic heterocycles. The molecule has 0 aromatic rings. The Morgan fingerprint density at radius 3 is 1.14 bits per heavy atom. The number of aliphatic hydroxyl groups is 2. The molecule has 0 rings (SSSR count). The Hall–Kier alpha value is -1.66. The second-order valence-electron chi connectivity index (χ2n) is 20.0. The Labute approximate surface area is 405 Å². The van der Waals surface area contributed by atoms with E-state index in [0.29, 0.717) is 25.9 Å². The number of nitrogens with one attached hydrogen (secondary N) is 1. The minimum Gasteiger partial charge on any atom is -0.466 e. The molecule has 2 atom stereocenters. The van der Waals surface area contributed by atoms with Crippen LogP contribution in [0.1, 0.15) is 316 Å². The molecule has 0 aromatic carbocycles. The number of unbranched alkanes of at least 4 members (excludes halogenated alkanes) is 40. The van der Waals surface area contributed by atoms with Crippen LogP contribution < -0.4 is 5.32 Å². The molecule has 0 aliphatic carbocycles. The van der Waals surface area contributed by atoms with Crippen molar-refractivity contribution >= 4 is 11.9 Å². The molecule has 384 valence electrons. The summed E-state index contributed by atoms with van der Waals surface area (Å²) in [4.78, 5) is 24.5. The first-order valence-electron chi connectivity index (χ1n) is 29.1. The molecule has 0 aliphatic rings. The normalized spacial score (nSPS) is 12.7. The predicted molar refractivity (Wildman–Crippen MR) is 283 cm³/mol. The van der Waals surface area contributed by atoms with Gasteiger partial charge in [0.25, 0.3) is 0 Å². The number of carbonyl (C=O) groups excluding carboxylic acids is 2. The third-order valence-corrected chi connectivity index (χ3v) is 13.5. The second-order valence-corrected chi connectivity index (χ2v) is 20.0. The Morgan fingerprint density at radius 1 is 0.431 bits per heavy atom. The van der Waals surface area contributed by atoms with E-state index in [0.717, 1.165) is 70.6 Å². The summed E-state index contributed by atoms with van der Waals surface area (Å²) in [6, 6.07) is -0.549. The lowest BCUT2D eigenvalue weighted by molar-refractivity contribution is -0.143. The van der Waals surface area contributed by atoms with Gasteiger partial charge in [0.2, 0.25) is 5.91 Å². The van der Waals surface area contributed by atoms with Gasteiger partial charge in [-0.15, -0.1) is 0 Å². The van der Waals surface area contributed by atoms with Crippen LogP contribution in [0.15, 0.2) is 24.3 Å². The smallest absolute Gasteiger partial charge is 0.305 e. The maximum Gasteiger partial charge on any atom is 0.305 e. The van der Waals surface area contributed by atoms with Crippen molar-refractivity contribution in [1.29, 1.82) is 0 Å². The van der Waals surface area contributed by atoms with E-state index in [1.165, 1.54) is 212 Å². The molecule has 0 aliphatic heterocycles. The topological polar surface area (TPSA) is 95.9 Å². The average molecular weight is 917 g/mol. The number of aliphatic hydroxyl groups excluding tert-OH is 2. The number of carbonyl (C=O) groups is 2. The molecule has 1 amide bonds. The van der Waals surface area contributed by atoms with Crippen LogP contribution in [-0.4, -0.2) is 47.4 Å². The van der Waals surface area contributed by atoms with Crippen molar-refractivity contribution in [2.24, 2.45) is 0 Å². The summed E-state index contributed by atoms with van der Waals surface area (Å²) in [7, 11) is 0. The quantitative estimate of drug-likeness (QED) is 0.0321. The van der Waals surface area contributed by atoms with Gasteiger partial charge < -0.3 is 20.3 Å². The highest BCUT2D eigenvalue weighted by atomic mass is 16.5. The summed E-state index contributed by atoms with van der Waals surface area (Å²) in [6.45, 7) is 4.93. The lowest BCUT2D eigenvalue weighted by Crippen LogP contribution is -2.45. The van der Waals surface area contributed by atoms with E-state index in [2.05, 4.69) is 43.5 Å². The van der Waals surface area contributed by atoms with E-state index in [-0.39, 0.29) is 18.5 Å². The van der Waals surface area contributed by atoms with Crippen molar-refractivity contribution < 1.29 is 24.5 Å². The molecule has 0 bridgehead atoms. The molecular formula is C59H113NO5. The molecular weight excluding hydrogens is 803 g/mol. The number of amides is 1. The van der Waals surface area contributed by atoms with Crippen LogP contribution in [0.4, 0.5) is 0 Å². The zero-order chi connectivity index (χ0) is 47.2. The molecule has 2 unspecified atom stereocenters. The average Bonchev–Trinajstić information content (AvgIpc) is 3.31.